The van der Waals surface area contributed by atoms with Gasteiger partial charge in [-0.25, -0.2) is 9.97 Å². The Morgan fingerprint density at radius 2 is 1.76 bits per heavy atom. The summed E-state index contributed by atoms with van der Waals surface area (Å²) in [5.41, 5.74) is 1.74. The second kappa shape index (κ2) is 7.61. The Kier molecular flexibility index (Phi) is 5.09. The minimum absolute atomic E-state index is 0.111. The topological polar surface area (TPSA) is 66.2 Å². The van der Waals surface area contributed by atoms with E-state index in [0.29, 0.717) is 18.1 Å². The first-order valence-electron chi connectivity index (χ1n) is 7.89. The molecule has 0 spiro atoms. The van der Waals surface area contributed by atoms with Crippen LogP contribution in [0.1, 0.15) is 17.1 Å². The minimum atomic E-state index is -0.111. The Balaban J connectivity index is 1.74. The highest BCUT2D eigenvalue weighted by atomic mass is 16.5. The smallest absolute Gasteiger partial charge is 0.254 e. The van der Waals surface area contributed by atoms with Crippen molar-refractivity contribution >= 4 is 0 Å². The molecular formula is C19H19N3O3. The molecule has 128 valence electrons. The SMILES string of the molecule is COc1ccc(Cn2c(C)cc(OCc3ncccn3)cc2=O)cc1. The molecule has 2 aromatic heterocycles. The first-order valence-corrected chi connectivity index (χ1v) is 7.89. The summed E-state index contributed by atoms with van der Waals surface area (Å²) in [4.78, 5) is 20.6. The number of benzene rings is 1. The Morgan fingerprint density at radius 3 is 2.40 bits per heavy atom. The maximum Gasteiger partial charge on any atom is 0.254 e. The highest BCUT2D eigenvalue weighted by Crippen LogP contribution is 2.15. The summed E-state index contributed by atoms with van der Waals surface area (Å²) in [5.74, 6) is 1.88. The second-order valence-electron chi connectivity index (χ2n) is 5.56. The van der Waals surface area contributed by atoms with Crippen molar-refractivity contribution in [2.75, 3.05) is 7.11 Å². The molecule has 0 atom stereocenters. The van der Waals surface area contributed by atoms with Crippen molar-refractivity contribution in [1.29, 1.82) is 0 Å². The molecule has 2 heterocycles. The number of hydrogen-bond acceptors (Lipinski definition) is 5. The Labute approximate surface area is 145 Å². The van der Waals surface area contributed by atoms with E-state index in [1.54, 1.807) is 30.1 Å². The van der Waals surface area contributed by atoms with Crippen molar-refractivity contribution < 1.29 is 9.47 Å². The monoisotopic (exact) mass is 337 g/mol. The molecule has 6 nitrogen and oxygen atoms in total. The summed E-state index contributed by atoms with van der Waals surface area (Å²) in [6, 6.07) is 12.7. The third kappa shape index (κ3) is 4.23. The molecule has 0 aliphatic carbocycles. The molecule has 1 aromatic carbocycles. The van der Waals surface area contributed by atoms with E-state index in [0.717, 1.165) is 17.0 Å². The lowest BCUT2D eigenvalue weighted by Crippen LogP contribution is -2.22. The number of aromatic nitrogens is 3. The van der Waals surface area contributed by atoms with Gasteiger partial charge in [-0.15, -0.1) is 0 Å². The second-order valence-corrected chi connectivity index (χ2v) is 5.56. The van der Waals surface area contributed by atoms with Crippen molar-refractivity contribution in [3.05, 3.63) is 82.3 Å². The van der Waals surface area contributed by atoms with Gasteiger partial charge in [-0.3, -0.25) is 4.79 Å². The molecule has 3 aromatic rings. The molecule has 0 unspecified atom stereocenters. The summed E-state index contributed by atoms with van der Waals surface area (Å²) >= 11 is 0. The van der Waals surface area contributed by atoms with Gasteiger partial charge >= 0.3 is 0 Å². The molecule has 0 saturated carbocycles. The number of rotatable bonds is 6. The Bertz CT molecular complexity index is 890. The van der Waals surface area contributed by atoms with Gasteiger partial charge in [-0.1, -0.05) is 12.1 Å². The van der Waals surface area contributed by atoms with Crippen LogP contribution in [0.25, 0.3) is 0 Å². The Hall–Kier alpha value is -3.15. The van der Waals surface area contributed by atoms with Crippen LogP contribution < -0.4 is 15.0 Å². The summed E-state index contributed by atoms with van der Waals surface area (Å²) in [6.45, 7) is 2.61. The van der Waals surface area contributed by atoms with Crippen LogP contribution >= 0.6 is 0 Å². The van der Waals surface area contributed by atoms with E-state index >= 15 is 0 Å². The summed E-state index contributed by atoms with van der Waals surface area (Å²) in [5, 5.41) is 0. The lowest BCUT2D eigenvalue weighted by Gasteiger charge is -2.12. The third-order valence-electron chi connectivity index (χ3n) is 3.80. The highest BCUT2D eigenvalue weighted by molar-refractivity contribution is 5.29. The molecule has 0 fully saturated rings. The molecule has 0 N–H and O–H groups in total. The first kappa shape index (κ1) is 16.7. The van der Waals surface area contributed by atoms with E-state index in [1.165, 1.54) is 6.07 Å². The number of aryl methyl sites for hydroxylation is 1. The predicted molar refractivity (Wildman–Crippen MR) is 93.9 cm³/mol. The third-order valence-corrected chi connectivity index (χ3v) is 3.80. The number of hydrogen-bond donors (Lipinski definition) is 0. The van der Waals surface area contributed by atoms with Gasteiger partial charge in [-0.2, -0.15) is 0 Å². The van der Waals surface area contributed by atoms with Gasteiger partial charge in [0.2, 0.25) is 0 Å². The van der Waals surface area contributed by atoms with Crippen LogP contribution in [-0.2, 0) is 13.2 Å². The molecular weight excluding hydrogens is 318 g/mol. The van der Waals surface area contributed by atoms with Crippen LogP contribution in [-0.4, -0.2) is 21.6 Å². The van der Waals surface area contributed by atoms with Crippen LogP contribution in [0.5, 0.6) is 11.5 Å². The first-order chi connectivity index (χ1) is 12.2. The van der Waals surface area contributed by atoms with E-state index in [9.17, 15) is 4.79 Å². The van der Waals surface area contributed by atoms with Gasteiger partial charge < -0.3 is 14.0 Å². The predicted octanol–water partition coefficient (Wildman–Crippen LogP) is 2.58. The van der Waals surface area contributed by atoms with Gasteiger partial charge in [0.25, 0.3) is 5.56 Å². The van der Waals surface area contributed by atoms with Crippen molar-refractivity contribution in [3.8, 4) is 11.5 Å². The molecule has 0 aliphatic rings. The molecule has 0 saturated heterocycles. The molecule has 0 radical (unpaired) electrons. The van der Waals surface area contributed by atoms with Crippen LogP contribution in [0.3, 0.4) is 0 Å². The molecule has 0 aliphatic heterocycles. The average Bonchev–Trinajstić information content (AvgIpc) is 2.64. The molecule has 0 bridgehead atoms. The molecule has 3 rings (SSSR count). The van der Waals surface area contributed by atoms with Crippen molar-refractivity contribution in [3.63, 3.8) is 0 Å². The fourth-order valence-electron chi connectivity index (χ4n) is 2.45. The lowest BCUT2D eigenvalue weighted by molar-refractivity contribution is 0.294. The van der Waals surface area contributed by atoms with Crippen molar-refractivity contribution in [1.82, 2.24) is 14.5 Å². The summed E-state index contributed by atoms with van der Waals surface area (Å²) < 4.78 is 12.5. The highest BCUT2D eigenvalue weighted by Gasteiger charge is 2.07. The van der Waals surface area contributed by atoms with E-state index in [4.69, 9.17) is 9.47 Å². The standard InChI is InChI=1S/C19H19N3O3/c1-14-10-17(25-13-18-20-8-3-9-21-18)11-19(23)22(14)12-15-4-6-16(24-2)7-5-15/h3-11H,12-13H2,1-2H3. The van der Waals surface area contributed by atoms with Gasteiger partial charge in [0, 0.05) is 24.2 Å². The van der Waals surface area contributed by atoms with E-state index in [-0.39, 0.29) is 12.2 Å². The fourth-order valence-corrected chi connectivity index (χ4v) is 2.45. The zero-order valence-corrected chi connectivity index (χ0v) is 14.2. The number of methoxy groups -OCH3 is 1. The molecule has 25 heavy (non-hydrogen) atoms. The van der Waals surface area contributed by atoms with Gasteiger partial charge in [0.15, 0.2) is 5.82 Å². The van der Waals surface area contributed by atoms with Gasteiger partial charge in [-0.05, 0) is 36.8 Å². The van der Waals surface area contributed by atoms with Gasteiger partial charge in [0.05, 0.1) is 13.7 Å². The minimum Gasteiger partial charge on any atom is -0.497 e. The summed E-state index contributed by atoms with van der Waals surface area (Å²) in [6.07, 6.45) is 3.31. The fraction of sp³-hybridized carbons (Fsp3) is 0.211. The zero-order valence-electron chi connectivity index (χ0n) is 14.2. The van der Waals surface area contributed by atoms with Crippen LogP contribution in [0.4, 0.5) is 0 Å². The quantitative estimate of drug-likeness (QED) is 0.692. The largest absolute Gasteiger partial charge is 0.497 e. The number of ether oxygens (including phenoxy) is 2. The summed E-state index contributed by atoms with van der Waals surface area (Å²) in [7, 11) is 1.63. The maximum atomic E-state index is 12.4. The molecule has 0 amide bonds. The number of nitrogens with zero attached hydrogens (tertiary/aromatic N) is 3. The van der Waals surface area contributed by atoms with Gasteiger partial charge in [0.1, 0.15) is 18.1 Å². The van der Waals surface area contributed by atoms with E-state index < -0.39 is 0 Å². The lowest BCUT2D eigenvalue weighted by atomic mass is 10.2. The van der Waals surface area contributed by atoms with Crippen LogP contribution in [0, 0.1) is 6.92 Å². The van der Waals surface area contributed by atoms with Crippen molar-refractivity contribution in [2.24, 2.45) is 0 Å². The maximum absolute atomic E-state index is 12.4. The van der Waals surface area contributed by atoms with Crippen molar-refractivity contribution in [2.45, 2.75) is 20.1 Å². The van der Waals surface area contributed by atoms with E-state index in [2.05, 4.69) is 9.97 Å². The average molecular weight is 337 g/mol. The van der Waals surface area contributed by atoms with E-state index in [1.807, 2.05) is 37.3 Å². The Morgan fingerprint density at radius 1 is 1.04 bits per heavy atom. The van der Waals surface area contributed by atoms with Crippen LogP contribution in [0.2, 0.25) is 0 Å². The zero-order chi connectivity index (χ0) is 17.6. The van der Waals surface area contributed by atoms with Crippen LogP contribution in [0.15, 0.2) is 59.7 Å². The normalized spacial score (nSPS) is 10.5. The number of pyridine rings is 1. The molecule has 6 heteroatoms.